The summed E-state index contributed by atoms with van der Waals surface area (Å²) in [6, 6.07) is 8.85. The predicted octanol–water partition coefficient (Wildman–Crippen LogP) is 7.71. The smallest absolute Gasteiger partial charge is 0.179 e. The number of benzene rings is 1. The minimum absolute atomic E-state index is 0.0470. The second-order valence-electron chi connectivity index (χ2n) is 12.3. The maximum absolute atomic E-state index is 14.6. The van der Waals surface area contributed by atoms with E-state index in [0.29, 0.717) is 24.8 Å². The standard InChI is InChI=1S/C33H44O4/c1-21(2)14-16-25-20-32(19-18-23(5)6)28(35)26(17-15-22(3)4)29(36)33(30(32)37,31(25,7)8)27(34)24-12-10-9-11-13-24/h9-15,18,25,30,35,37H,16-17,19-20H2,1-8H3. The molecule has 3 rings (SSSR count). The molecule has 2 N–H and O–H groups in total. The minimum Gasteiger partial charge on any atom is -0.511 e. The molecule has 0 heterocycles. The van der Waals surface area contributed by atoms with Gasteiger partial charge in [-0.25, -0.2) is 0 Å². The minimum atomic E-state index is -1.72. The van der Waals surface area contributed by atoms with Crippen molar-refractivity contribution in [2.45, 2.75) is 87.2 Å². The summed E-state index contributed by atoms with van der Waals surface area (Å²) in [5.74, 6) is -0.959. The highest BCUT2D eigenvalue weighted by atomic mass is 16.3. The van der Waals surface area contributed by atoms with Gasteiger partial charge in [-0.15, -0.1) is 0 Å². The summed E-state index contributed by atoms with van der Waals surface area (Å²) in [5, 5.41) is 24.1. The second-order valence-corrected chi connectivity index (χ2v) is 12.3. The van der Waals surface area contributed by atoms with E-state index in [1.54, 1.807) is 24.3 Å². The lowest BCUT2D eigenvalue weighted by Crippen LogP contribution is -2.71. The molecule has 1 fully saturated rings. The molecule has 37 heavy (non-hydrogen) atoms. The summed E-state index contributed by atoms with van der Waals surface area (Å²) >= 11 is 0. The number of carbonyl (C=O) groups is 2. The summed E-state index contributed by atoms with van der Waals surface area (Å²) in [4.78, 5) is 29.2. The molecule has 0 spiro atoms. The molecule has 0 amide bonds. The van der Waals surface area contributed by atoms with Crippen LogP contribution < -0.4 is 0 Å². The quantitative estimate of drug-likeness (QED) is 0.216. The van der Waals surface area contributed by atoms with Crippen LogP contribution in [0.3, 0.4) is 0 Å². The van der Waals surface area contributed by atoms with Crippen molar-refractivity contribution in [1.82, 2.24) is 0 Å². The zero-order chi connectivity index (χ0) is 27.8. The molecule has 2 bridgehead atoms. The Balaban J connectivity index is 2.43. The van der Waals surface area contributed by atoms with E-state index in [2.05, 4.69) is 6.08 Å². The molecule has 4 nitrogen and oxygen atoms in total. The molecule has 1 saturated carbocycles. The largest absolute Gasteiger partial charge is 0.511 e. The highest BCUT2D eigenvalue weighted by Crippen LogP contribution is 2.67. The molecule has 0 aliphatic heterocycles. The molecule has 1 aromatic rings. The summed E-state index contributed by atoms with van der Waals surface area (Å²) in [6.45, 7) is 15.9. The Morgan fingerprint density at radius 2 is 1.51 bits per heavy atom. The van der Waals surface area contributed by atoms with Crippen LogP contribution in [0.5, 0.6) is 0 Å². The average Bonchev–Trinajstić information content (AvgIpc) is 2.82. The van der Waals surface area contributed by atoms with E-state index in [4.69, 9.17) is 0 Å². The fourth-order valence-electron chi connectivity index (χ4n) is 6.45. The van der Waals surface area contributed by atoms with E-state index in [0.717, 1.165) is 16.7 Å². The van der Waals surface area contributed by atoms with Crippen molar-refractivity contribution in [3.8, 4) is 0 Å². The van der Waals surface area contributed by atoms with Crippen molar-refractivity contribution in [3.05, 3.63) is 82.2 Å². The van der Waals surface area contributed by atoms with Crippen molar-refractivity contribution in [1.29, 1.82) is 0 Å². The topological polar surface area (TPSA) is 74.6 Å². The van der Waals surface area contributed by atoms with E-state index >= 15 is 0 Å². The molecule has 2 aliphatic carbocycles. The van der Waals surface area contributed by atoms with Gasteiger partial charge >= 0.3 is 0 Å². The van der Waals surface area contributed by atoms with Gasteiger partial charge in [0.05, 0.1) is 11.5 Å². The Morgan fingerprint density at radius 1 is 0.946 bits per heavy atom. The van der Waals surface area contributed by atoms with Gasteiger partial charge in [0, 0.05) is 11.1 Å². The SMILES string of the molecule is CC(C)=CCC1=C(O)C2(CC=C(C)C)CC(CC=C(C)C)C(C)(C)C(C(=O)c3ccccc3)(C1=O)C2O. The summed E-state index contributed by atoms with van der Waals surface area (Å²) in [5.41, 5.74) is 0.179. The Morgan fingerprint density at radius 3 is 2.05 bits per heavy atom. The number of hydrogen-bond acceptors (Lipinski definition) is 4. The first kappa shape index (κ1) is 28.8. The number of aliphatic hydroxyl groups excluding tert-OH is 2. The number of Topliss-reactive ketones (excluding diaryl/α,β-unsaturated/α-hetero) is 2. The maximum atomic E-state index is 14.6. The molecule has 200 valence electrons. The first-order chi connectivity index (χ1) is 17.2. The highest BCUT2D eigenvalue weighted by Gasteiger charge is 2.74. The highest BCUT2D eigenvalue weighted by molar-refractivity contribution is 6.22. The number of aliphatic hydroxyl groups is 2. The number of carbonyl (C=O) groups excluding carboxylic acids is 2. The van der Waals surface area contributed by atoms with Gasteiger partial charge in [-0.2, -0.15) is 0 Å². The molecular weight excluding hydrogens is 460 g/mol. The number of allylic oxidation sites excluding steroid dienone is 7. The third kappa shape index (κ3) is 4.69. The van der Waals surface area contributed by atoms with Gasteiger partial charge < -0.3 is 10.2 Å². The Hall–Kier alpha value is -2.72. The molecule has 4 unspecified atom stereocenters. The van der Waals surface area contributed by atoms with Crippen molar-refractivity contribution >= 4 is 11.6 Å². The summed E-state index contributed by atoms with van der Waals surface area (Å²) in [6.07, 6.45) is 6.45. The second kappa shape index (κ2) is 10.6. The van der Waals surface area contributed by atoms with Gasteiger partial charge in [0.2, 0.25) is 0 Å². The normalized spacial score (nSPS) is 28.4. The van der Waals surface area contributed by atoms with E-state index in [-0.39, 0.29) is 29.5 Å². The third-order valence-electron chi connectivity index (χ3n) is 8.76. The Bertz CT molecular complexity index is 1170. The molecule has 2 aliphatic rings. The van der Waals surface area contributed by atoms with E-state index in [1.165, 1.54) is 0 Å². The van der Waals surface area contributed by atoms with Crippen LogP contribution in [0.1, 0.15) is 91.4 Å². The average molecular weight is 505 g/mol. The monoisotopic (exact) mass is 504 g/mol. The van der Waals surface area contributed by atoms with Crippen molar-refractivity contribution in [2.75, 3.05) is 0 Å². The Kier molecular flexibility index (Phi) is 8.24. The fourth-order valence-corrected chi connectivity index (χ4v) is 6.45. The summed E-state index contributed by atoms with van der Waals surface area (Å²) < 4.78 is 0. The molecule has 0 saturated heterocycles. The van der Waals surface area contributed by atoms with Gasteiger partial charge in [-0.05, 0) is 78.6 Å². The molecule has 0 aromatic heterocycles. The molecule has 1 aromatic carbocycles. The van der Waals surface area contributed by atoms with Crippen LogP contribution in [0.2, 0.25) is 0 Å². The van der Waals surface area contributed by atoms with Crippen LogP contribution in [-0.4, -0.2) is 27.9 Å². The van der Waals surface area contributed by atoms with Gasteiger partial charge in [0.15, 0.2) is 11.6 Å². The molecular formula is C33H44O4. The third-order valence-corrected chi connectivity index (χ3v) is 8.76. The first-order valence-electron chi connectivity index (χ1n) is 13.4. The lowest BCUT2D eigenvalue weighted by atomic mass is 9.38. The Labute approximate surface area is 222 Å². The fraction of sp³-hybridized carbons (Fsp3) is 0.515. The molecule has 0 radical (unpaired) electrons. The van der Waals surface area contributed by atoms with Crippen LogP contribution in [0.25, 0.3) is 0 Å². The van der Waals surface area contributed by atoms with E-state index in [9.17, 15) is 19.8 Å². The van der Waals surface area contributed by atoms with Gasteiger partial charge in [-0.1, -0.05) is 79.1 Å². The van der Waals surface area contributed by atoms with E-state index < -0.39 is 28.1 Å². The van der Waals surface area contributed by atoms with Crippen LogP contribution in [-0.2, 0) is 4.79 Å². The lowest BCUT2D eigenvalue weighted by molar-refractivity contribution is -0.185. The van der Waals surface area contributed by atoms with Crippen LogP contribution in [0, 0.1) is 22.2 Å². The predicted molar refractivity (Wildman–Crippen MR) is 150 cm³/mol. The number of fused-ring (bicyclic) bond motifs is 2. The van der Waals surface area contributed by atoms with Gasteiger partial charge in [0.25, 0.3) is 0 Å². The van der Waals surface area contributed by atoms with Gasteiger partial charge in [0.1, 0.15) is 11.2 Å². The van der Waals surface area contributed by atoms with Crippen LogP contribution >= 0.6 is 0 Å². The zero-order valence-electron chi connectivity index (χ0n) is 23.8. The number of rotatable bonds is 8. The zero-order valence-corrected chi connectivity index (χ0v) is 23.8. The summed E-state index contributed by atoms with van der Waals surface area (Å²) in [7, 11) is 0. The molecule has 4 atom stereocenters. The van der Waals surface area contributed by atoms with Crippen LogP contribution in [0.15, 0.2) is 76.6 Å². The molecule has 4 heteroatoms. The van der Waals surface area contributed by atoms with Crippen molar-refractivity contribution in [2.24, 2.45) is 22.2 Å². The maximum Gasteiger partial charge on any atom is 0.179 e. The van der Waals surface area contributed by atoms with Gasteiger partial charge in [-0.3, -0.25) is 9.59 Å². The van der Waals surface area contributed by atoms with E-state index in [1.807, 2.05) is 73.6 Å². The van der Waals surface area contributed by atoms with Crippen LogP contribution in [0.4, 0.5) is 0 Å². The number of hydrogen-bond donors (Lipinski definition) is 2. The first-order valence-corrected chi connectivity index (χ1v) is 13.4. The lowest BCUT2D eigenvalue weighted by Gasteiger charge is -2.63. The van der Waals surface area contributed by atoms with Crippen molar-refractivity contribution in [3.63, 3.8) is 0 Å². The number of ketones is 2. The van der Waals surface area contributed by atoms with Crippen molar-refractivity contribution < 1.29 is 19.8 Å².